The number of carbonyl (C=O) groups excluding carboxylic acids is 1. The van der Waals surface area contributed by atoms with Crippen LogP contribution in [-0.2, 0) is 4.74 Å². The molecule has 17 heavy (non-hydrogen) atoms. The van der Waals surface area contributed by atoms with Crippen LogP contribution in [0, 0.1) is 5.41 Å². The summed E-state index contributed by atoms with van der Waals surface area (Å²) in [6, 6.07) is 6.76. The van der Waals surface area contributed by atoms with Crippen molar-refractivity contribution >= 4 is 17.6 Å². The largest absolute Gasteiger partial charge is 0.486 e. The molecule has 0 atom stereocenters. The number of nitrogens with two attached hydrogens (primary N) is 1. The number of rotatable bonds is 5. The standard InChI is InChI=1S/C11H15N3O3/c1-2-16-11(15)14-8-4-3-5-9(6-8)17-7-10(12)13/h3-6H,2,7H2,1H3,(H3,12,13)(H,14,15). The Morgan fingerprint density at radius 2 is 2.29 bits per heavy atom. The number of carbonyl (C=O) groups is 1. The fourth-order valence-electron chi connectivity index (χ4n) is 1.11. The van der Waals surface area contributed by atoms with E-state index in [9.17, 15) is 4.79 Å². The van der Waals surface area contributed by atoms with Crippen LogP contribution in [0.2, 0.25) is 0 Å². The van der Waals surface area contributed by atoms with Gasteiger partial charge in [0.05, 0.1) is 6.61 Å². The number of hydrogen-bond donors (Lipinski definition) is 3. The summed E-state index contributed by atoms with van der Waals surface area (Å²) in [4.78, 5) is 11.2. The molecule has 1 amide bonds. The predicted octanol–water partition coefficient (Wildman–Crippen LogP) is 1.57. The lowest BCUT2D eigenvalue weighted by Gasteiger charge is -2.08. The van der Waals surface area contributed by atoms with Crippen molar-refractivity contribution in [3.8, 4) is 5.75 Å². The van der Waals surface area contributed by atoms with E-state index in [1.54, 1.807) is 31.2 Å². The Morgan fingerprint density at radius 3 is 2.94 bits per heavy atom. The van der Waals surface area contributed by atoms with Crippen molar-refractivity contribution < 1.29 is 14.3 Å². The number of anilines is 1. The third kappa shape index (κ3) is 4.87. The van der Waals surface area contributed by atoms with Crippen molar-refractivity contribution in [1.82, 2.24) is 0 Å². The molecule has 1 rings (SSSR count). The fraction of sp³-hybridized carbons (Fsp3) is 0.273. The molecule has 0 aromatic heterocycles. The van der Waals surface area contributed by atoms with Crippen molar-refractivity contribution in [2.24, 2.45) is 5.73 Å². The molecule has 0 saturated heterocycles. The highest BCUT2D eigenvalue weighted by atomic mass is 16.5. The van der Waals surface area contributed by atoms with Crippen LogP contribution in [0.5, 0.6) is 5.75 Å². The van der Waals surface area contributed by atoms with Gasteiger partial charge in [0.2, 0.25) is 0 Å². The zero-order valence-electron chi connectivity index (χ0n) is 9.53. The molecule has 0 aliphatic carbocycles. The summed E-state index contributed by atoms with van der Waals surface area (Å²) in [5.74, 6) is 0.461. The quantitative estimate of drug-likeness (QED) is 0.534. The second-order valence-electron chi connectivity index (χ2n) is 3.19. The normalized spacial score (nSPS) is 9.47. The summed E-state index contributed by atoms with van der Waals surface area (Å²) in [5.41, 5.74) is 5.73. The lowest BCUT2D eigenvalue weighted by Crippen LogP contribution is -2.19. The van der Waals surface area contributed by atoms with E-state index in [0.29, 0.717) is 18.0 Å². The second-order valence-corrected chi connectivity index (χ2v) is 3.19. The molecule has 0 heterocycles. The summed E-state index contributed by atoms with van der Waals surface area (Å²) < 4.78 is 9.95. The van der Waals surface area contributed by atoms with Gasteiger partial charge in [-0.2, -0.15) is 0 Å². The molecule has 4 N–H and O–H groups in total. The lowest BCUT2D eigenvalue weighted by atomic mass is 10.3. The van der Waals surface area contributed by atoms with Gasteiger partial charge in [0.1, 0.15) is 18.2 Å². The van der Waals surface area contributed by atoms with E-state index in [1.807, 2.05) is 0 Å². The predicted molar refractivity (Wildman–Crippen MR) is 64.5 cm³/mol. The van der Waals surface area contributed by atoms with E-state index in [2.05, 4.69) is 5.32 Å². The van der Waals surface area contributed by atoms with Gasteiger partial charge in [0.15, 0.2) is 0 Å². The third-order valence-corrected chi connectivity index (χ3v) is 1.75. The maximum Gasteiger partial charge on any atom is 0.411 e. The second kappa shape index (κ2) is 6.37. The smallest absolute Gasteiger partial charge is 0.411 e. The molecule has 0 saturated carbocycles. The topological polar surface area (TPSA) is 97.4 Å². The van der Waals surface area contributed by atoms with Gasteiger partial charge in [-0.1, -0.05) is 6.07 Å². The van der Waals surface area contributed by atoms with Crippen LogP contribution < -0.4 is 15.8 Å². The van der Waals surface area contributed by atoms with Crippen molar-refractivity contribution in [1.29, 1.82) is 5.41 Å². The highest BCUT2D eigenvalue weighted by Gasteiger charge is 2.03. The molecule has 6 heteroatoms. The monoisotopic (exact) mass is 237 g/mol. The highest BCUT2D eigenvalue weighted by molar-refractivity contribution is 5.84. The number of amides is 1. The van der Waals surface area contributed by atoms with Gasteiger partial charge in [0, 0.05) is 11.8 Å². The van der Waals surface area contributed by atoms with Crippen LogP contribution in [0.25, 0.3) is 0 Å². The van der Waals surface area contributed by atoms with E-state index >= 15 is 0 Å². The minimum absolute atomic E-state index is 0.0167. The summed E-state index contributed by atoms with van der Waals surface area (Å²) in [6.07, 6.45) is -0.517. The summed E-state index contributed by atoms with van der Waals surface area (Å²) in [6.45, 7) is 2.06. The zero-order chi connectivity index (χ0) is 12.7. The van der Waals surface area contributed by atoms with Crippen LogP contribution >= 0.6 is 0 Å². The Labute approximate surface area is 99.2 Å². The number of amidine groups is 1. The van der Waals surface area contributed by atoms with Crippen molar-refractivity contribution in [3.05, 3.63) is 24.3 Å². The molecule has 92 valence electrons. The lowest BCUT2D eigenvalue weighted by molar-refractivity contribution is 0.168. The molecular formula is C11H15N3O3. The number of benzene rings is 1. The molecule has 0 spiro atoms. The van der Waals surface area contributed by atoms with Gasteiger partial charge in [-0.3, -0.25) is 10.7 Å². The van der Waals surface area contributed by atoms with E-state index in [1.165, 1.54) is 0 Å². The van der Waals surface area contributed by atoms with E-state index in [0.717, 1.165) is 0 Å². The average molecular weight is 237 g/mol. The first-order chi connectivity index (χ1) is 8.11. The van der Waals surface area contributed by atoms with Gasteiger partial charge in [0.25, 0.3) is 0 Å². The molecule has 0 aliphatic heterocycles. The zero-order valence-corrected chi connectivity index (χ0v) is 9.53. The van der Waals surface area contributed by atoms with Crippen LogP contribution in [0.3, 0.4) is 0 Å². The van der Waals surface area contributed by atoms with Crippen molar-refractivity contribution in [2.45, 2.75) is 6.92 Å². The summed E-state index contributed by atoms with van der Waals surface area (Å²) in [5, 5.41) is 9.57. The molecule has 1 aromatic carbocycles. The van der Waals surface area contributed by atoms with Crippen LogP contribution in [0.4, 0.5) is 10.5 Å². The number of nitrogens with one attached hydrogen (secondary N) is 2. The molecule has 6 nitrogen and oxygen atoms in total. The Balaban J connectivity index is 2.59. The van der Waals surface area contributed by atoms with Gasteiger partial charge in [-0.15, -0.1) is 0 Å². The molecular weight excluding hydrogens is 222 g/mol. The Kier molecular flexibility index (Phi) is 4.80. The maximum atomic E-state index is 11.2. The van der Waals surface area contributed by atoms with Gasteiger partial charge in [-0.25, -0.2) is 4.79 Å². The van der Waals surface area contributed by atoms with E-state index in [-0.39, 0.29) is 12.4 Å². The minimum atomic E-state index is -0.517. The Morgan fingerprint density at radius 1 is 1.53 bits per heavy atom. The molecule has 0 fully saturated rings. The third-order valence-electron chi connectivity index (χ3n) is 1.75. The summed E-state index contributed by atoms with van der Waals surface area (Å²) in [7, 11) is 0. The average Bonchev–Trinajstić information content (AvgIpc) is 2.27. The van der Waals surface area contributed by atoms with Crippen LogP contribution in [-0.4, -0.2) is 25.1 Å². The minimum Gasteiger partial charge on any atom is -0.486 e. The molecule has 0 aliphatic rings. The molecule has 0 radical (unpaired) electrons. The molecule has 1 aromatic rings. The maximum absolute atomic E-state index is 11.2. The van der Waals surface area contributed by atoms with E-state index in [4.69, 9.17) is 20.6 Å². The number of hydrogen-bond acceptors (Lipinski definition) is 4. The van der Waals surface area contributed by atoms with Crippen molar-refractivity contribution in [3.63, 3.8) is 0 Å². The van der Waals surface area contributed by atoms with Gasteiger partial charge >= 0.3 is 6.09 Å². The fourth-order valence-corrected chi connectivity index (χ4v) is 1.11. The SMILES string of the molecule is CCOC(=O)Nc1cccc(OCC(=N)N)c1. The van der Waals surface area contributed by atoms with Crippen molar-refractivity contribution in [2.75, 3.05) is 18.5 Å². The van der Waals surface area contributed by atoms with E-state index < -0.39 is 6.09 Å². The first kappa shape index (κ1) is 12.8. The highest BCUT2D eigenvalue weighted by Crippen LogP contribution is 2.17. The Hall–Kier alpha value is -2.24. The number of ether oxygens (including phenoxy) is 2. The van der Waals surface area contributed by atoms with Crippen LogP contribution in [0.15, 0.2) is 24.3 Å². The first-order valence-electron chi connectivity index (χ1n) is 5.11. The van der Waals surface area contributed by atoms with Gasteiger partial charge in [-0.05, 0) is 19.1 Å². The Bertz CT molecular complexity index is 407. The van der Waals surface area contributed by atoms with Crippen LogP contribution in [0.1, 0.15) is 6.92 Å². The van der Waals surface area contributed by atoms with Gasteiger partial charge < -0.3 is 15.2 Å². The molecule has 0 unspecified atom stereocenters. The first-order valence-corrected chi connectivity index (χ1v) is 5.11. The molecule has 0 bridgehead atoms. The summed E-state index contributed by atoms with van der Waals surface area (Å²) >= 11 is 0.